The van der Waals surface area contributed by atoms with Gasteiger partial charge in [0.15, 0.2) is 0 Å². The van der Waals surface area contributed by atoms with Gasteiger partial charge in [-0.2, -0.15) is 0 Å². The van der Waals surface area contributed by atoms with Gasteiger partial charge in [-0.05, 0) is 80.1 Å². The smallest absolute Gasteiger partial charge is 0.119 e. The standard InChI is InChI=1S/C22H29N3O/c1-25-11-9-18(22(25)17-4-3-10-23-14-17)15-24-20-7-5-16-6-8-21(26-2)13-19(16)12-20/h3-4,6,8,10,13-14,18,20,22,24H,5,7,9,11-12,15H2,1-2H3/t18-,20?,22-/m0/s1. The average molecular weight is 351 g/mol. The Morgan fingerprint density at radius 1 is 1.23 bits per heavy atom. The van der Waals surface area contributed by atoms with Crippen molar-refractivity contribution >= 4 is 0 Å². The van der Waals surface area contributed by atoms with E-state index in [1.54, 1.807) is 7.11 Å². The first-order valence-corrected chi connectivity index (χ1v) is 9.74. The summed E-state index contributed by atoms with van der Waals surface area (Å²) in [5, 5.41) is 3.87. The number of nitrogens with zero attached hydrogens (tertiary/aromatic N) is 2. The summed E-state index contributed by atoms with van der Waals surface area (Å²) in [6.45, 7) is 2.24. The van der Waals surface area contributed by atoms with Crippen molar-refractivity contribution in [1.29, 1.82) is 0 Å². The van der Waals surface area contributed by atoms with E-state index in [0.717, 1.165) is 31.7 Å². The molecule has 0 amide bonds. The van der Waals surface area contributed by atoms with Crippen LogP contribution in [0.2, 0.25) is 0 Å². The molecule has 1 unspecified atom stereocenters. The highest BCUT2D eigenvalue weighted by atomic mass is 16.5. The molecule has 0 saturated carbocycles. The predicted molar refractivity (Wildman–Crippen MR) is 105 cm³/mol. The summed E-state index contributed by atoms with van der Waals surface area (Å²) >= 11 is 0. The number of methoxy groups -OCH3 is 1. The Morgan fingerprint density at radius 3 is 2.96 bits per heavy atom. The van der Waals surface area contributed by atoms with E-state index in [1.165, 1.54) is 29.5 Å². The number of nitrogens with one attached hydrogen (secondary N) is 1. The lowest BCUT2D eigenvalue weighted by molar-refractivity contribution is 0.265. The lowest BCUT2D eigenvalue weighted by atomic mass is 9.87. The number of hydrogen-bond acceptors (Lipinski definition) is 4. The number of benzene rings is 1. The van der Waals surface area contributed by atoms with Crippen LogP contribution >= 0.6 is 0 Å². The van der Waals surface area contributed by atoms with Gasteiger partial charge in [0, 0.05) is 31.0 Å². The molecule has 1 aliphatic heterocycles. The molecule has 0 bridgehead atoms. The maximum absolute atomic E-state index is 5.40. The molecule has 4 rings (SSSR count). The van der Waals surface area contributed by atoms with Gasteiger partial charge in [-0.3, -0.25) is 9.88 Å². The molecular weight excluding hydrogens is 322 g/mol. The van der Waals surface area contributed by atoms with Crippen molar-refractivity contribution in [2.24, 2.45) is 5.92 Å². The molecule has 1 N–H and O–H groups in total. The maximum atomic E-state index is 5.40. The van der Waals surface area contributed by atoms with E-state index in [4.69, 9.17) is 4.74 Å². The highest BCUT2D eigenvalue weighted by Crippen LogP contribution is 2.35. The molecule has 2 heterocycles. The highest BCUT2D eigenvalue weighted by Gasteiger charge is 2.33. The molecular formula is C22H29N3O. The molecule has 138 valence electrons. The third-order valence-electron chi connectivity index (χ3n) is 6.11. The number of ether oxygens (including phenoxy) is 1. The SMILES string of the molecule is COc1ccc2c(c1)CC(NC[C@@H]1CCN(C)[C@H]1c1cccnc1)CC2. The number of rotatable bonds is 5. The van der Waals surface area contributed by atoms with E-state index in [0.29, 0.717) is 18.0 Å². The molecule has 1 saturated heterocycles. The van der Waals surface area contributed by atoms with Crippen LogP contribution in [0.1, 0.15) is 35.6 Å². The van der Waals surface area contributed by atoms with Gasteiger partial charge in [0.05, 0.1) is 7.11 Å². The molecule has 0 radical (unpaired) electrons. The molecule has 3 atom stereocenters. The van der Waals surface area contributed by atoms with Crippen molar-refractivity contribution in [3.05, 3.63) is 59.4 Å². The van der Waals surface area contributed by atoms with Crippen molar-refractivity contribution < 1.29 is 4.74 Å². The number of aryl methyl sites for hydroxylation is 1. The van der Waals surface area contributed by atoms with E-state index < -0.39 is 0 Å². The Morgan fingerprint density at radius 2 is 2.15 bits per heavy atom. The van der Waals surface area contributed by atoms with Crippen LogP contribution < -0.4 is 10.1 Å². The lowest BCUT2D eigenvalue weighted by Gasteiger charge is -2.30. The molecule has 4 nitrogen and oxygen atoms in total. The van der Waals surface area contributed by atoms with Gasteiger partial charge < -0.3 is 10.1 Å². The number of likely N-dealkylation sites (tertiary alicyclic amines) is 1. The molecule has 2 aliphatic rings. The minimum atomic E-state index is 0.479. The van der Waals surface area contributed by atoms with Crippen molar-refractivity contribution in [1.82, 2.24) is 15.2 Å². The van der Waals surface area contributed by atoms with Gasteiger partial charge in [0.2, 0.25) is 0 Å². The summed E-state index contributed by atoms with van der Waals surface area (Å²) in [6.07, 6.45) is 8.63. The van der Waals surface area contributed by atoms with Crippen LogP contribution in [0.25, 0.3) is 0 Å². The fraction of sp³-hybridized carbons (Fsp3) is 0.500. The maximum Gasteiger partial charge on any atom is 0.119 e. The molecule has 1 aliphatic carbocycles. The largest absolute Gasteiger partial charge is 0.497 e. The number of fused-ring (bicyclic) bond motifs is 1. The summed E-state index contributed by atoms with van der Waals surface area (Å²) in [5.74, 6) is 1.62. The lowest BCUT2D eigenvalue weighted by Crippen LogP contribution is -2.38. The number of aromatic nitrogens is 1. The first kappa shape index (κ1) is 17.5. The Labute approximate surface area is 156 Å². The monoisotopic (exact) mass is 351 g/mol. The molecule has 2 aromatic rings. The summed E-state index contributed by atoms with van der Waals surface area (Å²) in [5.41, 5.74) is 4.27. The van der Waals surface area contributed by atoms with Gasteiger partial charge >= 0.3 is 0 Å². The fourth-order valence-corrected chi connectivity index (χ4v) is 4.67. The van der Waals surface area contributed by atoms with E-state index in [-0.39, 0.29) is 0 Å². The number of hydrogen-bond donors (Lipinski definition) is 1. The van der Waals surface area contributed by atoms with Gasteiger partial charge in [-0.1, -0.05) is 12.1 Å². The second kappa shape index (κ2) is 7.77. The average Bonchev–Trinajstić information content (AvgIpc) is 3.06. The quantitative estimate of drug-likeness (QED) is 0.897. The minimum absolute atomic E-state index is 0.479. The van der Waals surface area contributed by atoms with Gasteiger partial charge in [0.25, 0.3) is 0 Å². The second-order valence-electron chi connectivity index (χ2n) is 7.74. The molecule has 26 heavy (non-hydrogen) atoms. The van der Waals surface area contributed by atoms with Crippen LogP contribution in [-0.4, -0.2) is 43.2 Å². The molecule has 1 fully saturated rings. The molecule has 1 aromatic heterocycles. The van der Waals surface area contributed by atoms with E-state index >= 15 is 0 Å². The zero-order valence-corrected chi connectivity index (χ0v) is 15.8. The Hall–Kier alpha value is -1.91. The fourth-order valence-electron chi connectivity index (χ4n) is 4.67. The summed E-state index contributed by atoms with van der Waals surface area (Å²) in [7, 11) is 3.98. The first-order chi connectivity index (χ1) is 12.7. The molecule has 4 heteroatoms. The van der Waals surface area contributed by atoms with E-state index in [9.17, 15) is 0 Å². The van der Waals surface area contributed by atoms with Crippen LogP contribution in [0.5, 0.6) is 5.75 Å². The highest BCUT2D eigenvalue weighted by molar-refractivity contribution is 5.37. The first-order valence-electron chi connectivity index (χ1n) is 9.74. The van der Waals surface area contributed by atoms with Gasteiger partial charge in [0.1, 0.15) is 5.75 Å². The van der Waals surface area contributed by atoms with E-state index in [1.807, 2.05) is 12.4 Å². The Bertz CT molecular complexity index is 733. The van der Waals surface area contributed by atoms with Crippen LogP contribution in [-0.2, 0) is 12.8 Å². The van der Waals surface area contributed by atoms with Gasteiger partial charge in [-0.15, -0.1) is 0 Å². The van der Waals surface area contributed by atoms with Crippen LogP contribution in [0.3, 0.4) is 0 Å². The zero-order valence-electron chi connectivity index (χ0n) is 15.8. The normalized spacial score (nSPS) is 25.8. The van der Waals surface area contributed by atoms with Gasteiger partial charge in [-0.25, -0.2) is 0 Å². The summed E-state index contributed by atoms with van der Waals surface area (Å²) in [4.78, 5) is 6.81. The van der Waals surface area contributed by atoms with E-state index in [2.05, 4.69) is 52.6 Å². The Kier molecular flexibility index (Phi) is 5.23. The van der Waals surface area contributed by atoms with Crippen molar-refractivity contribution in [2.45, 2.75) is 37.8 Å². The minimum Gasteiger partial charge on any atom is -0.497 e. The molecule has 1 aromatic carbocycles. The second-order valence-corrected chi connectivity index (χ2v) is 7.74. The summed E-state index contributed by atoms with van der Waals surface area (Å²) < 4.78 is 5.40. The van der Waals surface area contributed by atoms with Crippen LogP contribution in [0.15, 0.2) is 42.7 Å². The topological polar surface area (TPSA) is 37.4 Å². The Balaban J connectivity index is 1.39. The predicted octanol–water partition coefficient (Wildman–Crippen LogP) is 3.23. The molecule has 0 spiro atoms. The zero-order chi connectivity index (χ0) is 17.9. The number of pyridine rings is 1. The van der Waals surface area contributed by atoms with Crippen molar-refractivity contribution in [3.63, 3.8) is 0 Å². The van der Waals surface area contributed by atoms with Crippen molar-refractivity contribution in [3.8, 4) is 5.75 Å². The van der Waals surface area contributed by atoms with Crippen LogP contribution in [0.4, 0.5) is 0 Å². The third kappa shape index (κ3) is 3.62. The van der Waals surface area contributed by atoms with Crippen LogP contribution in [0, 0.1) is 5.92 Å². The summed E-state index contributed by atoms with van der Waals surface area (Å²) in [6, 6.07) is 11.8. The van der Waals surface area contributed by atoms with Crippen molar-refractivity contribution in [2.75, 3.05) is 27.2 Å². The third-order valence-corrected chi connectivity index (χ3v) is 6.11.